The highest BCUT2D eigenvalue weighted by Crippen LogP contribution is 2.16. The van der Waals surface area contributed by atoms with Gasteiger partial charge in [0.1, 0.15) is 0 Å². The Morgan fingerprint density at radius 2 is 2.27 bits per heavy atom. The maximum Gasteiger partial charge on any atom is 0.273 e. The Morgan fingerprint density at radius 3 is 3.00 bits per heavy atom. The molecule has 0 aliphatic carbocycles. The highest BCUT2D eigenvalue weighted by atomic mass is 35.5. The fourth-order valence-corrected chi connectivity index (χ4v) is 2.18. The SMILES string of the molecule is CCOCCCNC(=O)c1nnn(-c2cccc(Cl)c2)c1C. The van der Waals surface area contributed by atoms with Crippen molar-refractivity contribution in [3.63, 3.8) is 0 Å². The Labute approximate surface area is 134 Å². The molecule has 2 aromatic rings. The van der Waals surface area contributed by atoms with Gasteiger partial charge in [-0.15, -0.1) is 5.10 Å². The Bertz CT molecular complexity index is 642. The molecule has 0 aliphatic heterocycles. The summed E-state index contributed by atoms with van der Waals surface area (Å²) in [5.74, 6) is -0.234. The van der Waals surface area contributed by atoms with Gasteiger partial charge in [0.15, 0.2) is 5.69 Å². The van der Waals surface area contributed by atoms with Crippen molar-refractivity contribution >= 4 is 17.5 Å². The maximum absolute atomic E-state index is 12.1. The van der Waals surface area contributed by atoms with Crippen molar-refractivity contribution in [3.8, 4) is 5.69 Å². The van der Waals surface area contributed by atoms with E-state index in [4.69, 9.17) is 16.3 Å². The molecule has 0 unspecified atom stereocenters. The maximum atomic E-state index is 12.1. The van der Waals surface area contributed by atoms with Gasteiger partial charge in [0, 0.05) is 24.8 Å². The van der Waals surface area contributed by atoms with Crippen LogP contribution in [0.1, 0.15) is 29.5 Å². The Hall–Kier alpha value is -1.92. The van der Waals surface area contributed by atoms with Gasteiger partial charge < -0.3 is 10.1 Å². The van der Waals surface area contributed by atoms with Gasteiger partial charge in [-0.2, -0.15) is 0 Å². The molecule has 1 N–H and O–H groups in total. The van der Waals surface area contributed by atoms with Gasteiger partial charge in [-0.05, 0) is 38.5 Å². The van der Waals surface area contributed by atoms with Crippen molar-refractivity contribution in [2.75, 3.05) is 19.8 Å². The van der Waals surface area contributed by atoms with Crippen LogP contribution in [0.2, 0.25) is 5.02 Å². The van der Waals surface area contributed by atoms with Crippen LogP contribution in [0, 0.1) is 6.92 Å². The standard InChI is InChI=1S/C15H19ClN4O2/c1-3-22-9-5-8-17-15(21)14-11(2)20(19-18-14)13-7-4-6-12(16)10-13/h4,6-7,10H,3,5,8-9H2,1-2H3,(H,17,21). The first-order chi connectivity index (χ1) is 10.6. The number of hydrogen-bond acceptors (Lipinski definition) is 4. The van der Waals surface area contributed by atoms with Crippen LogP contribution in [0.3, 0.4) is 0 Å². The predicted molar refractivity (Wildman–Crippen MR) is 84.5 cm³/mol. The number of amides is 1. The van der Waals surface area contributed by atoms with Crippen molar-refractivity contribution < 1.29 is 9.53 Å². The Kier molecular flexibility index (Phi) is 5.91. The van der Waals surface area contributed by atoms with E-state index in [1.807, 2.05) is 19.1 Å². The molecule has 1 aromatic heterocycles. The van der Waals surface area contributed by atoms with Crippen molar-refractivity contribution in [3.05, 3.63) is 40.7 Å². The van der Waals surface area contributed by atoms with E-state index >= 15 is 0 Å². The molecule has 7 heteroatoms. The monoisotopic (exact) mass is 322 g/mol. The van der Waals surface area contributed by atoms with Crippen molar-refractivity contribution in [1.29, 1.82) is 0 Å². The summed E-state index contributed by atoms with van der Waals surface area (Å²) in [6.45, 7) is 5.60. The molecule has 0 bridgehead atoms. The second-order valence-electron chi connectivity index (χ2n) is 4.72. The molecule has 0 spiro atoms. The molecular weight excluding hydrogens is 304 g/mol. The van der Waals surface area contributed by atoms with E-state index in [9.17, 15) is 4.79 Å². The zero-order chi connectivity index (χ0) is 15.9. The third-order valence-electron chi connectivity index (χ3n) is 3.12. The van der Waals surface area contributed by atoms with E-state index in [-0.39, 0.29) is 5.91 Å². The summed E-state index contributed by atoms with van der Waals surface area (Å²) in [7, 11) is 0. The second-order valence-corrected chi connectivity index (χ2v) is 5.16. The van der Waals surface area contributed by atoms with Gasteiger partial charge in [0.25, 0.3) is 5.91 Å². The third kappa shape index (κ3) is 4.05. The number of aromatic nitrogens is 3. The molecule has 0 aliphatic rings. The fourth-order valence-electron chi connectivity index (χ4n) is 2.00. The fraction of sp³-hybridized carbons (Fsp3) is 0.400. The number of nitrogens with zero attached hydrogens (tertiary/aromatic N) is 3. The molecule has 118 valence electrons. The first-order valence-electron chi connectivity index (χ1n) is 7.17. The predicted octanol–water partition coefficient (Wildman–Crippen LogP) is 2.39. The van der Waals surface area contributed by atoms with Crippen LogP contribution in [-0.2, 0) is 4.74 Å². The minimum absolute atomic E-state index is 0.234. The molecule has 1 aromatic carbocycles. The summed E-state index contributed by atoms with van der Waals surface area (Å²) in [6.07, 6.45) is 0.765. The molecule has 1 amide bonds. The zero-order valence-electron chi connectivity index (χ0n) is 12.7. The number of ether oxygens (including phenoxy) is 1. The number of carbonyl (C=O) groups is 1. The van der Waals surface area contributed by atoms with Crippen molar-refractivity contribution in [2.24, 2.45) is 0 Å². The van der Waals surface area contributed by atoms with Gasteiger partial charge in [0.05, 0.1) is 11.4 Å². The summed E-state index contributed by atoms with van der Waals surface area (Å²) >= 11 is 5.97. The van der Waals surface area contributed by atoms with Gasteiger partial charge >= 0.3 is 0 Å². The summed E-state index contributed by atoms with van der Waals surface area (Å²) in [6, 6.07) is 7.24. The molecule has 0 saturated carbocycles. The van der Waals surface area contributed by atoms with Crippen molar-refractivity contribution in [2.45, 2.75) is 20.3 Å². The number of benzene rings is 1. The van der Waals surface area contributed by atoms with Crippen LogP contribution < -0.4 is 5.32 Å². The van der Waals surface area contributed by atoms with Crippen LogP contribution in [0.25, 0.3) is 5.69 Å². The number of halogens is 1. The highest BCUT2D eigenvalue weighted by molar-refractivity contribution is 6.30. The molecule has 0 fully saturated rings. The lowest BCUT2D eigenvalue weighted by atomic mass is 10.3. The first kappa shape index (κ1) is 16.5. The van der Waals surface area contributed by atoms with E-state index in [2.05, 4.69) is 15.6 Å². The molecule has 1 heterocycles. The van der Waals surface area contributed by atoms with E-state index in [1.165, 1.54) is 0 Å². The molecule has 0 saturated heterocycles. The quantitative estimate of drug-likeness (QED) is 0.795. The topological polar surface area (TPSA) is 69.0 Å². The van der Waals surface area contributed by atoms with E-state index in [1.54, 1.807) is 23.7 Å². The van der Waals surface area contributed by atoms with E-state index in [0.29, 0.717) is 36.2 Å². The van der Waals surface area contributed by atoms with Crippen LogP contribution in [0.5, 0.6) is 0 Å². The zero-order valence-corrected chi connectivity index (χ0v) is 13.4. The minimum Gasteiger partial charge on any atom is -0.382 e. The molecular formula is C15H19ClN4O2. The summed E-state index contributed by atoms with van der Waals surface area (Å²) in [5, 5.41) is 11.4. The van der Waals surface area contributed by atoms with Crippen LogP contribution in [0.15, 0.2) is 24.3 Å². The molecule has 2 rings (SSSR count). The summed E-state index contributed by atoms with van der Waals surface area (Å²) in [5.41, 5.74) is 1.76. The average molecular weight is 323 g/mol. The third-order valence-corrected chi connectivity index (χ3v) is 3.35. The average Bonchev–Trinajstić information content (AvgIpc) is 2.88. The van der Waals surface area contributed by atoms with E-state index in [0.717, 1.165) is 12.1 Å². The lowest BCUT2D eigenvalue weighted by Gasteiger charge is -2.05. The molecule has 6 nitrogen and oxygen atoms in total. The van der Waals surface area contributed by atoms with E-state index < -0.39 is 0 Å². The second kappa shape index (κ2) is 7.91. The van der Waals surface area contributed by atoms with Gasteiger partial charge in [-0.1, -0.05) is 22.9 Å². The molecule has 22 heavy (non-hydrogen) atoms. The Morgan fingerprint density at radius 1 is 1.45 bits per heavy atom. The van der Waals surface area contributed by atoms with Gasteiger partial charge in [-0.25, -0.2) is 4.68 Å². The highest BCUT2D eigenvalue weighted by Gasteiger charge is 2.16. The van der Waals surface area contributed by atoms with Crippen molar-refractivity contribution in [1.82, 2.24) is 20.3 Å². The smallest absolute Gasteiger partial charge is 0.273 e. The number of hydrogen-bond donors (Lipinski definition) is 1. The minimum atomic E-state index is -0.234. The number of nitrogens with one attached hydrogen (secondary N) is 1. The molecule has 0 radical (unpaired) electrons. The lowest BCUT2D eigenvalue weighted by Crippen LogP contribution is -2.26. The summed E-state index contributed by atoms with van der Waals surface area (Å²) in [4.78, 5) is 12.1. The van der Waals surface area contributed by atoms with Crippen LogP contribution >= 0.6 is 11.6 Å². The lowest BCUT2D eigenvalue weighted by molar-refractivity contribution is 0.0938. The molecule has 0 atom stereocenters. The van der Waals surface area contributed by atoms with Gasteiger partial charge in [-0.3, -0.25) is 4.79 Å². The first-order valence-corrected chi connectivity index (χ1v) is 7.55. The normalized spacial score (nSPS) is 10.7. The van der Waals surface area contributed by atoms with Crippen LogP contribution in [0.4, 0.5) is 0 Å². The summed E-state index contributed by atoms with van der Waals surface area (Å²) < 4.78 is 6.82. The largest absolute Gasteiger partial charge is 0.382 e. The van der Waals surface area contributed by atoms with Crippen LogP contribution in [-0.4, -0.2) is 40.7 Å². The van der Waals surface area contributed by atoms with Gasteiger partial charge in [0.2, 0.25) is 0 Å². The Balaban J connectivity index is 2.03. The number of rotatable bonds is 7. The number of carbonyl (C=O) groups excluding carboxylic acids is 1.